The van der Waals surface area contributed by atoms with E-state index in [4.69, 9.17) is 0 Å². The third-order valence-electron chi connectivity index (χ3n) is 3.43. The minimum Gasteiger partial charge on any atom is -0.386 e. The molecule has 0 spiro atoms. The van der Waals surface area contributed by atoms with Crippen LogP contribution >= 0.6 is 11.3 Å². The third-order valence-corrected chi connectivity index (χ3v) is 4.55. The van der Waals surface area contributed by atoms with Gasteiger partial charge >= 0.3 is 6.03 Å². The second-order valence-corrected chi connectivity index (χ2v) is 6.16. The number of rotatable bonds is 7. The summed E-state index contributed by atoms with van der Waals surface area (Å²) in [5.41, 5.74) is 2.33. The van der Waals surface area contributed by atoms with Crippen molar-refractivity contribution in [3.05, 3.63) is 57.8 Å². The second-order valence-electron chi connectivity index (χ2n) is 5.21. The average Bonchev–Trinajstić information content (AvgIpc) is 2.96. The summed E-state index contributed by atoms with van der Waals surface area (Å²) in [5, 5.41) is 17.5. The Bertz CT molecular complexity index is 583. The van der Waals surface area contributed by atoms with E-state index in [1.54, 1.807) is 0 Å². The van der Waals surface area contributed by atoms with Crippen molar-refractivity contribution in [3.8, 4) is 0 Å². The number of hydrogen-bond donors (Lipinski definition) is 3. The fourth-order valence-corrected chi connectivity index (χ4v) is 3.12. The first kappa shape index (κ1) is 16.5. The number of aliphatic hydroxyl groups is 1. The lowest BCUT2D eigenvalue weighted by Crippen LogP contribution is -2.38. The molecule has 0 saturated heterocycles. The zero-order valence-electron chi connectivity index (χ0n) is 12.7. The number of nitrogens with one attached hydrogen (secondary N) is 2. The Morgan fingerprint density at radius 2 is 2.00 bits per heavy atom. The molecule has 1 heterocycles. The number of carbonyl (C=O) groups is 1. The molecule has 2 amide bonds. The highest BCUT2D eigenvalue weighted by Gasteiger charge is 2.12. The van der Waals surface area contributed by atoms with Crippen molar-refractivity contribution in [1.29, 1.82) is 0 Å². The van der Waals surface area contributed by atoms with Crippen molar-refractivity contribution in [2.24, 2.45) is 0 Å². The van der Waals surface area contributed by atoms with Crippen LogP contribution in [-0.4, -0.2) is 24.2 Å². The quantitative estimate of drug-likeness (QED) is 0.687. The molecule has 1 atom stereocenters. The van der Waals surface area contributed by atoms with Gasteiger partial charge in [0.15, 0.2) is 0 Å². The van der Waals surface area contributed by atoms with Gasteiger partial charge in [0, 0.05) is 11.4 Å². The smallest absolute Gasteiger partial charge is 0.314 e. The fraction of sp³-hybridized carbons (Fsp3) is 0.353. The highest BCUT2D eigenvalue weighted by atomic mass is 32.1. The molecule has 118 valence electrons. The molecule has 0 radical (unpaired) electrons. The van der Waals surface area contributed by atoms with Crippen molar-refractivity contribution < 1.29 is 9.90 Å². The summed E-state index contributed by atoms with van der Waals surface area (Å²) in [5.74, 6) is 0. The number of thiophene rings is 1. The number of carbonyl (C=O) groups excluding carboxylic acids is 1. The van der Waals surface area contributed by atoms with E-state index in [1.165, 1.54) is 16.9 Å². The van der Waals surface area contributed by atoms with Crippen LogP contribution in [0.25, 0.3) is 0 Å². The maximum atomic E-state index is 11.7. The summed E-state index contributed by atoms with van der Waals surface area (Å²) in [6.45, 7) is 2.80. The van der Waals surface area contributed by atoms with Crippen molar-refractivity contribution in [3.63, 3.8) is 0 Å². The van der Waals surface area contributed by atoms with Gasteiger partial charge in [-0.1, -0.05) is 30.3 Å². The number of urea groups is 1. The number of hydrogen-bond acceptors (Lipinski definition) is 3. The van der Waals surface area contributed by atoms with Crippen molar-refractivity contribution in [2.75, 3.05) is 13.1 Å². The van der Waals surface area contributed by atoms with Gasteiger partial charge in [-0.2, -0.15) is 0 Å². The van der Waals surface area contributed by atoms with Crippen LogP contribution in [-0.2, 0) is 6.42 Å². The minimum atomic E-state index is -0.643. The predicted octanol–water partition coefficient (Wildman–Crippen LogP) is 3.02. The first-order chi connectivity index (χ1) is 10.7. The normalized spacial score (nSPS) is 11.9. The molecule has 0 unspecified atom stereocenters. The van der Waals surface area contributed by atoms with E-state index >= 15 is 0 Å². The molecule has 0 aliphatic carbocycles. The number of aryl methyl sites for hydroxylation is 2. The summed E-state index contributed by atoms with van der Waals surface area (Å²) in [4.78, 5) is 12.6. The maximum absolute atomic E-state index is 11.7. The van der Waals surface area contributed by atoms with Gasteiger partial charge in [-0.3, -0.25) is 0 Å². The predicted molar refractivity (Wildman–Crippen MR) is 90.2 cm³/mol. The van der Waals surface area contributed by atoms with Crippen LogP contribution in [0.2, 0.25) is 0 Å². The second kappa shape index (κ2) is 8.56. The zero-order chi connectivity index (χ0) is 15.8. The number of aliphatic hydroxyl groups excluding tert-OH is 1. The van der Waals surface area contributed by atoms with Gasteiger partial charge in [0.25, 0.3) is 0 Å². The largest absolute Gasteiger partial charge is 0.386 e. The summed E-state index contributed by atoms with van der Waals surface area (Å²) in [6.07, 6.45) is 1.19. The molecule has 4 nitrogen and oxygen atoms in total. The van der Waals surface area contributed by atoms with Crippen LogP contribution < -0.4 is 10.6 Å². The standard InChI is InChI=1S/C17H22N2O2S/c1-13-9-11-22-16(13)15(20)12-19-17(21)18-10-5-8-14-6-3-2-4-7-14/h2-4,6-7,9,11,15,20H,5,8,10,12H2,1H3,(H2,18,19,21)/t15-/m1/s1. The Kier molecular flexibility index (Phi) is 6.43. The van der Waals surface area contributed by atoms with Gasteiger partial charge in [0.2, 0.25) is 0 Å². The van der Waals surface area contributed by atoms with Crippen LogP contribution in [0.1, 0.15) is 28.5 Å². The van der Waals surface area contributed by atoms with Gasteiger partial charge in [-0.25, -0.2) is 4.79 Å². The molecule has 1 aromatic carbocycles. The number of amides is 2. The SMILES string of the molecule is Cc1ccsc1[C@H](O)CNC(=O)NCCCc1ccccc1. The molecule has 22 heavy (non-hydrogen) atoms. The molecule has 5 heteroatoms. The van der Waals surface area contributed by atoms with Gasteiger partial charge in [0.05, 0.1) is 6.54 Å². The van der Waals surface area contributed by atoms with E-state index in [1.807, 2.05) is 36.6 Å². The topological polar surface area (TPSA) is 61.4 Å². The van der Waals surface area contributed by atoms with Crippen molar-refractivity contribution in [2.45, 2.75) is 25.9 Å². The summed E-state index contributed by atoms with van der Waals surface area (Å²) in [7, 11) is 0. The Morgan fingerprint density at radius 3 is 2.68 bits per heavy atom. The van der Waals surface area contributed by atoms with Crippen LogP contribution in [0, 0.1) is 6.92 Å². The fourth-order valence-electron chi connectivity index (χ4n) is 2.21. The lowest BCUT2D eigenvalue weighted by atomic mass is 10.1. The van der Waals surface area contributed by atoms with E-state index in [0.29, 0.717) is 6.54 Å². The molecule has 2 aromatic rings. The summed E-state index contributed by atoms with van der Waals surface area (Å²) >= 11 is 1.51. The molecule has 3 N–H and O–H groups in total. The minimum absolute atomic E-state index is 0.228. The third kappa shape index (κ3) is 5.16. The first-order valence-corrected chi connectivity index (χ1v) is 8.32. The lowest BCUT2D eigenvalue weighted by Gasteiger charge is -2.12. The molecule has 1 aromatic heterocycles. The monoisotopic (exact) mass is 318 g/mol. The van der Waals surface area contributed by atoms with Gasteiger partial charge in [-0.05, 0) is 42.3 Å². The Morgan fingerprint density at radius 1 is 1.23 bits per heavy atom. The highest BCUT2D eigenvalue weighted by Crippen LogP contribution is 2.22. The molecule has 0 saturated carbocycles. The molecular formula is C17H22N2O2S. The van der Waals surface area contributed by atoms with Crippen LogP contribution in [0.5, 0.6) is 0 Å². The van der Waals surface area contributed by atoms with Crippen LogP contribution in [0.15, 0.2) is 41.8 Å². The molecule has 0 aliphatic heterocycles. The van der Waals surface area contributed by atoms with E-state index in [0.717, 1.165) is 23.3 Å². The molecule has 0 bridgehead atoms. The Balaban J connectivity index is 1.61. The summed E-state index contributed by atoms with van der Waals surface area (Å²) < 4.78 is 0. The van der Waals surface area contributed by atoms with Crippen molar-refractivity contribution >= 4 is 17.4 Å². The van der Waals surface area contributed by atoms with Gasteiger partial charge in [-0.15, -0.1) is 11.3 Å². The molecule has 0 aliphatic rings. The highest BCUT2D eigenvalue weighted by molar-refractivity contribution is 7.10. The van der Waals surface area contributed by atoms with Gasteiger partial charge in [0.1, 0.15) is 6.10 Å². The first-order valence-electron chi connectivity index (χ1n) is 7.44. The van der Waals surface area contributed by atoms with E-state index in [2.05, 4.69) is 22.8 Å². The maximum Gasteiger partial charge on any atom is 0.314 e. The Labute approximate surface area is 135 Å². The number of benzene rings is 1. The van der Waals surface area contributed by atoms with Crippen molar-refractivity contribution in [1.82, 2.24) is 10.6 Å². The van der Waals surface area contributed by atoms with Crippen LogP contribution in [0.3, 0.4) is 0 Å². The summed E-state index contributed by atoms with van der Waals surface area (Å²) in [6, 6.07) is 11.9. The average molecular weight is 318 g/mol. The van der Waals surface area contributed by atoms with Crippen LogP contribution in [0.4, 0.5) is 4.79 Å². The zero-order valence-corrected chi connectivity index (χ0v) is 13.5. The Hall–Kier alpha value is -1.85. The lowest BCUT2D eigenvalue weighted by molar-refractivity contribution is 0.176. The van der Waals surface area contributed by atoms with Gasteiger partial charge < -0.3 is 15.7 Å². The van der Waals surface area contributed by atoms with E-state index in [9.17, 15) is 9.90 Å². The van der Waals surface area contributed by atoms with E-state index in [-0.39, 0.29) is 12.6 Å². The molecule has 0 fully saturated rings. The van der Waals surface area contributed by atoms with E-state index < -0.39 is 6.10 Å². The molecular weight excluding hydrogens is 296 g/mol. The molecule has 2 rings (SSSR count).